The van der Waals surface area contributed by atoms with Crippen LogP contribution in [0.1, 0.15) is 31.1 Å². The summed E-state index contributed by atoms with van der Waals surface area (Å²) in [6.07, 6.45) is 2.62. The summed E-state index contributed by atoms with van der Waals surface area (Å²) in [4.78, 5) is 24.2. The van der Waals surface area contributed by atoms with E-state index in [9.17, 15) is 9.59 Å². The maximum Gasteiger partial charge on any atom is 0.306 e. The quantitative estimate of drug-likeness (QED) is 0.870. The molecule has 0 bridgehead atoms. The summed E-state index contributed by atoms with van der Waals surface area (Å²) < 4.78 is 0. The van der Waals surface area contributed by atoms with Gasteiger partial charge in [-0.2, -0.15) is 0 Å². The largest absolute Gasteiger partial charge is 0.481 e. The second-order valence-electron chi connectivity index (χ2n) is 5.24. The highest BCUT2D eigenvalue weighted by molar-refractivity contribution is 7.09. The van der Waals surface area contributed by atoms with Gasteiger partial charge in [0.15, 0.2) is 0 Å². The Balaban J connectivity index is 1.79. The lowest BCUT2D eigenvalue weighted by Gasteiger charge is -2.16. The molecule has 5 heteroatoms. The maximum absolute atomic E-state index is 12.1. The highest BCUT2D eigenvalue weighted by Gasteiger charge is 2.34. The Bertz CT molecular complexity index is 444. The predicted octanol–water partition coefficient (Wildman–Crippen LogP) is 2.30. The van der Waals surface area contributed by atoms with E-state index in [1.54, 1.807) is 11.3 Å². The maximum atomic E-state index is 12.1. The van der Waals surface area contributed by atoms with E-state index in [4.69, 9.17) is 5.11 Å². The lowest BCUT2D eigenvalue weighted by Crippen LogP contribution is -2.37. The summed E-state index contributed by atoms with van der Waals surface area (Å²) in [7, 11) is 0. The Hall–Kier alpha value is -1.36. The van der Waals surface area contributed by atoms with Gasteiger partial charge in [-0.3, -0.25) is 9.59 Å². The summed E-state index contributed by atoms with van der Waals surface area (Å²) in [5, 5.41) is 14.0. The van der Waals surface area contributed by atoms with E-state index in [0.717, 1.165) is 6.42 Å². The number of carboxylic acids is 1. The number of aliphatic carboxylic acids is 1. The summed E-state index contributed by atoms with van der Waals surface area (Å²) in [6.45, 7) is 1.99. The highest BCUT2D eigenvalue weighted by Crippen LogP contribution is 2.31. The Morgan fingerprint density at radius 1 is 1.47 bits per heavy atom. The van der Waals surface area contributed by atoms with Crippen LogP contribution in [0.3, 0.4) is 0 Å². The molecule has 1 heterocycles. The number of amides is 1. The van der Waals surface area contributed by atoms with Crippen LogP contribution in [0.2, 0.25) is 0 Å². The number of nitrogens with one attached hydrogen (secondary N) is 1. The van der Waals surface area contributed by atoms with E-state index >= 15 is 0 Å². The number of hydrogen-bond acceptors (Lipinski definition) is 3. The molecule has 19 heavy (non-hydrogen) atoms. The van der Waals surface area contributed by atoms with Crippen molar-refractivity contribution >= 4 is 23.2 Å². The van der Waals surface area contributed by atoms with Gasteiger partial charge in [0.1, 0.15) is 0 Å². The molecule has 2 rings (SSSR count). The Labute approximate surface area is 116 Å². The van der Waals surface area contributed by atoms with Gasteiger partial charge in [0.05, 0.1) is 5.92 Å². The van der Waals surface area contributed by atoms with Crippen LogP contribution >= 0.6 is 11.3 Å². The fourth-order valence-electron chi connectivity index (χ4n) is 2.59. The molecule has 3 atom stereocenters. The first-order valence-electron chi connectivity index (χ1n) is 6.62. The molecule has 3 unspecified atom stereocenters. The molecule has 0 radical (unpaired) electrons. The molecular formula is C14H19NO3S. The zero-order valence-corrected chi connectivity index (χ0v) is 11.8. The van der Waals surface area contributed by atoms with Gasteiger partial charge in [0.2, 0.25) is 5.91 Å². The summed E-state index contributed by atoms with van der Waals surface area (Å²) in [5.74, 6) is -1.25. The summed E-state index contributed by atoms with van der Waals surface area (Å²) in [6, 6.07) is 4.15. The first-order valence-corrected chi connectivity index (χ1v) is 7.49. The number of thiophene rings is 1. The van der Waals surface area contributed by atoms with Gasteiger partial charge in [-0.1, -0.05) is 6.07 Å². The predicted molar refractivity (Wildman–Crippen MR) is 74.1 cm³/mol. The van der Waals surface area contributed by atoms with Crippen molar-refractivity contribution in [3.05, 3.63) is 22.4 Å². The van der Waals surface area contributed by atoms with Crippen molar-refractivity contribution in [2.24, 2.45) is 11.8 Å². The molecule has 4 nitrogen and oxygen atoms in total. The molecule has 1 aliphatic carbocycles. The smallest absolute Gasteiger partial charge is 0.306 e. The van der Waals surface area contributed by atoms with Gasteiger partial charge in [0.25, 0.3) is 0 Å². The molecule has 0 aromatic carbocycles. The fourth-order valence-corrected chi connectivity index (χ4v) is 3.42. The van der Waals surface area contributed by atoms with Gasteiger partial charge >= 0.3 is 5.97 Å². The van der Waals surface area contributed by atoms with Crippen LogP contribution in [0.25, 0.3) is 0 Å². The van der Waals surface area contributed by atoms with Crippen LogP contribution in [0.5, 0.6) is 0 Å². The number of carbonyl (C=O) groups is 2. The first kappa shape index (κ1) is 14.1. The lowest BCUT2D eigenvalue weighted by atomic mass is 10.0. The van der Waals surface area contributed by atoms with E-state index in [0.29, 0.717) is 19.3 Å². The normalized spacial score (nSPS) is 24.1. The standard InChI is InChI=1S/C14H19NO3S/c1-9(7-12-3-2-6-19-12)15-13(16)10-4-5-11(8-10)14(17)18/h2-3,6,9-11H,4-5,7-8H2,1H3,(H,15,16)(H,17,18). The molecule has 0 saturated heterocycles. The van der Waals surface area contributed by atoms with Gasteiger partial charge in [-0.25, -0.2) is 0 Å². The Morgan fingerprint density at radius 2 is 2.21 bits per heavy atom. The monoisotopic (exact) mass is 281 g/mol. The first-order chi connectivity index (χ1) is 9.06. The molecular weight excluding hydrogens is 262 g/mol. The zero-order chi connectivity index (χ0) is 13.8. The molecule has 1 fully saturated rings. The number of rotatable bonds is 5. The zero-order valence-electron chi connectivity index (χ0n) is 11.0. The average Bonchev–Trinajstić information content (AvgIpc) is 2.98. The Kier molecular flexibility index (Phi) is 4.58. The Morgan fingerprint density at radius 3 is 2.79 bits per heavy atom. The number of carboxylic acid groups (broad SMARTS) is 1. The molecule has 1 aromatic heterocycles. The third kappa shape index (κ3) is 3.80. The molecule has 1 saturated carbocycles. The molecule has 1 amide bonds. The molecule has 104 valence electrons. The number of hydrogen-bond donors (Lipinski definition) is 2. The van der Waals surface area contributed by atoms with Gasteiger partial charge in [-0.15, -0.1) is 11.3 Å². The average molecular weight is 281 g/mol. The van der Waals surface area contributed by atoms with E-state index in [1.165, 1.54) is 4.88 Å². The number of carbonyl (C=O) groups excluding carboxylic acids is 1. The second kappa shape index (κ2) is 6.19. The minimum absolute atomic E-state index is 0.00723. The fraction of sp³-hybridized carbons (Fsp3) is 0.571. The van der Waals surface area contributed by atoms with Gasteiger partial charge in [-0.05, 0) is 37.6 Å². The topological polar surface area (TPSA) is 66.4 Å². The van der Waals surface area contributed by atoms with E-state index < -0.39 is 5.97 Å². The van der Waals surface area contributed by atoms with Crippen molar-refractivity contribution in [1.82, 2.24) is 5.32 Å². The van der Waals surface area contributed by atoms with Gasteiger partial charge in [0, 0.05) is 23.3 Å². The molecule has 2 N–H and O–H groups in total. The third-order valence-electron chi connectivity index (χ3n) is 3.63. The minimum atomic E-state index is -0.776. The summed E-state index contributed by atoms with van der Waals surface area (Å²) >= 11 is 1.69. The molecule has 0 aliphatic heterocycles. The van der Waals surface area contributed by atoms with Crippen LogP contribution in [0.4, 0.5) is 0 Å². The summed E-state index contributed by atoms with van der Waals surface area (Å²) in [5.41, 5.74) is 0. The SMILES string of the molecule is CC(Cc1cccs1)NC(=O)C1CCC(C(=O)O)C1. The molecule has 1 aliphatic rings. The van der Waals surface area contributed by atoms with Gasteiger partial charge < -0.3 is 10.4 Å². The van der Waals surface area contributed by atoms with Crippen molar-refractivity contribution in [1.29, 1.82) is 0 Å². The van der Waals surface area contributed by atoms with Crippen molar-refractivity contribution in [3.8, 4) is 0 Å². The molecule has 1 aromatic rings. The van der Waals surface area contributed by atoms with Crippen molar-refractivity contribution in [2.75, 3.05) is 0 Å². The van der Waals surface area contributed by atoms with Crippen LogP contribution < -0.4 is 5.32 Å². The van der Waals surface area contributed by atoms with Crippen molar-refractivity contribution in [3.63, 3.8) is 0 Å². The van der Waals surface area contributed by atoms with Crippen LogP contribution in [-0.2, 0) is 16.0 Å². The van der Waals surface area contributed by atoms with Crippen LogP contribution in [-0.4, -0.2) is 23.0 Å². The highest BCUT2D eigenvalue weighted by atomic mass is 32.1. The van der Waals surface area contributed by atoms with Crippen molar-refractivity contribution in [2.45, 2.75) is 38.6 Å². The third-order valence-corrected chi connectivity index (χ3v) is 4.53. The van der Waals surface area contributed by atoms with E-state index in [-0.39, 0.29) is 23.8 Å². The second-order valence-corrected chi connectivity index (χ2v) is 6.27. The molecule has 0 spiro atoms. The van der Waals surface area contributed by atoms with E-state index in [1.807, 2.05) is 18.4 Å². The van der Waals surface area contributed by atoms with E-state index in [2.05, 4.69) is 11.4 Å². The van der Waals surface area contributed by atoms with Crippen LogP contribution in [0.15, 0.2) is 17.5 Å². The van der Waals surface area contributed by atoms with Crippen LogP contribution in [0, 0.1) is 11.8 Å². The minimum Gasteiger partial charge on any atom is -0.481 e. The van der Waals surface area contributed by atoms with Crippen molar-refractivity contribution < 1.29 is 14.7 Å². The lowest BCUT2D eigenvalue weighted by molar-refractivity contribution is -0.141.